The Hall–Kier alpha value is -1.02. The van der Waals surface area contributed by atoms with Crippen LogP contribution in [0.1, 0.15) is 18.4 Å². The summed E-state index contributed by atoms with van der Waals surface area (Å²) in [5.41, 5.74) is 1.22. The maximum atomic E-state index is 11.1. The second-order valence-corrected chi connectivity index (χ2v) is 8.36. The Bertz CT molecular complexity index is 590. The summed E-state index contributed by atoms with van der Waals surface area (Å²) in [5, 5.41) is 0. The zero-order chi connectivity index (χ0) is 15.6. The molecule has 7 heteroatoms. The van der Waals surface area contributed by atoms with Crippen LogP contribution in [0.4, 0.5) is 0 Å². The van der Waals surface area contributed by atoms with Gasteiger partial charge in [-0.15, -0.1) is 0 Å². The Labute approximate surface area is 131 Å². The summed E-state index contributed by atoms with van der Waals surface area (Å²) in [4.78, 5) is 6.50. The molecular weight excluding hydrogens is 302 g/mol. The van der Waals surface area contributed by atoms with E-state index in [4.69, 9.17) is 4.74 Å². The Morgan fingerprint density at radius 3 is 2.91 bits per heavy atom. The molecule has 0 saturated carbocycles. The predicted octanol–water partition coefficient (Wildman–Crippen LogP) is 0.612. The highest BCUT2D eigenvalue weighted by atomic mass is 32.2. The lowest BCUT2D eigenvalue weighted by Gasteiger charge is -2.53. The fraction of sp³-hybridized carbons (Fsp3) is 0.667. The van der Waals surface area contributed by atoms with Gasteiger partial charge in [-0.3, -0.25) is 9.88 Å². The Morgan fingerprint density at radius 1 is 1.50 bits per heavy atom. The van der Waals surface area contributed by atoms with Crippen LogP contribution in [0.5, 0.6) is 0 Å². The van der Waals surface area contributed by atoms with Crippen LogP contribution in [0.15, 0.2) is 24.5 Å². The third-order valence-corrected chi connectivity index (χ3v) is 5.11. The molecular formula is C15H23N3O3S. The van der Waals surface area contributed by atoms with Crippen molar-refractivity contribution in [3.8, 4) is 0 Å². The summed E-state index contributed by atoms with van der Waals surface area (Å²) in [6.45, 7) is 3.94. The number of ether oxygens (including phenoxy) is 1. The van der Waals surface area contributed by atoms with Gasteiger partial charge in [-0.25, -0.2) is 13.1 Å². The van der Waals surface area contributed by atoms with Gasteiger partial charge in [-0.05, 0) is 30.4 Å². The number of hydrogen-bond acceptors (Lipinski definition) is 5. The van der Waals surface area contributed by atoms with Gasteiger partial charge < -0.3 is 4.74 Å². The second kappa shape index (κ2) is 6.23. The normalized spacial score (nSPS) is 25.0. The lowest BCUT2D eigenvalue weighted by Crippen LogP contribution is -2.64. The van der Waals surface area contributed by atoms with Crippen molar-refractivity contribution in [2.45, 2.75) is 25.0 Å². The van der Waals surface area contributed by atoms with E-state index >= 15 is 0 Å². The average molecular weight is 325 g/mol. The van der Waals surface area contributed by atoms with E-state index in [2.05, 4.69) is 20.7 Å². The van der Waals surface area contributed by atoms with Crippen molar-refractivity contribution in [1.29, 1.82) is 0 Å². The van der Waals surface area contributed by atoms with Crippen LogP contribution in [0.25, 0.3) is 0 Å². The van der Waals surface area contributed by atoms with E-state index in [1.165, 1.54) is 11.8 Å². The molecule has 0 radical (unpaired) electrons. The SMILES string of the molecule is CS(=O)(=O)NCC1CCC2(CN(Cc3cccnc3)C2)OC1. The highest BCUT2D eigenvalue weighted by Gasteiger charge is 2.46. The van der Waals surface area contributed by atoms with Crippen LogP contribution >= 0.6 is 0 Å². The first-order valence-corrected chi connectivity index (χ1v) is 9.53. The minimum atomic E-state index is -3.11. The molecule has 1 unspecified atom stereocenters. The van der Waals surface area contributed by atoms with Gasteiger partial charge in [0.05, 0.1) is 18.5 Å². The highest BCUT2D eigenvalue weighted by molar-refractivity contribution is 7.88. The summed E-state index contributed by atoms with van der Waals surface area (Å²) in [6.07, 6.45) is 6.91. The zero-order valence-electron chi connectivity index (χ0n) is 12.9. The Kier molecular flexibility index (Phi) is 4.49. The molecule has 6 nitrogen and oxygen atoms in total. The van der Waals surface area contributed by atoms with E-state index in [9.17, 15) is 8.42 Å². The van der Waals surface area contributed by atoms with Crippen molar-refractivity contribution in [2.24, 2.45) is 5.92 Å². The number of rotatable bonds is 5. The van der Waals surface area contributed by atoms with Gasteiger partial charge in [0.2, 0.25) is 10.0 Å². The number of likely N-dealkylation sites (tertiary alicyclic amines) is 1. The zero-order valence-corrected chi connectivity index (χ0v) is 13.7. The standard InChI is InChI=1S/C15H23N3O3S/c1-22(19,20)17-8-14-4-5-15(21-10-14)11-18(12-15)9-13-3-2-6-16-7-13/h2-3,6-7,14,17H,4-5,8-12H2,1H3. The van der Waals surface area contributed by atoms with Crippen LogP contribution in [0, 0.1) is 5.92 Å². The lowest BCUT2D eigenvalue weighted by molar-refractivity contribution is -0.181. The first kappa shape index (κ1) is 15.9. The van der Waals surface area contributed by atoms with Gasteiger partial charge in [-0.1, -0.05) is 6.07 Å². The first-order valence-electron chi connectivity index (χ1n) is 7.64. The predicted molar refractivity (Wildman–Crippen MR) is 83.8 cm³/mol. The molecule has 122 valence electrons. The molecule has 0 aromatic carbocycles. The largest absolute Gasteiger partial charge is 0.372 e. The molecule has 1 aromatic heterocycles. The van der Waals surface area contributed by atoms with Crippen molar-refractivity contribution in [2.75, 3.05) is 32.5 Å². The van der Waals surface area contributed by atoms with Crippen LogP contribution in [-0.2, 0) is 21.3 Å². The highest BCUT2D eigenvalue weighted by Crippen LogP contribution is 2.36. The minimum Gasteiger partial charge on any atom is -0.372 e. The number of nitrogens with one attached hydrogen (secondary N) is 1. The van der Waals surface area contributed by atoms with Gasteiger partial charge >= 0.3 is 0 Å². The monoisotopic (exact) mass is 325 g/mol. The fourth-order valence-electron chi connectivity index (χ4n) is 3.23. The topological polar surface area (TPSA) is 71.5 Å². The smallest absolute Gasteiger partial charge is 0.208 e. The molecule has 0 aliphatic carbocycles. The van der Waals surface area contributed by atoms with E-state index in [-0.39, 0.29) is 11.5 Å². The second-order valence-electron chi connectivity index (χ2n) is 6.53. The van der Waals surface area contributed by atoms with Crippen LogP contribution in [-0.4, -0.2) is 56.4 Å². The van der Waals surface area contributed by atoms with E-state index in [1.807, 2.05) is 12.3 Å². The van der Waals surface area contributed by atoms with Crippen molar-refractivity contribution >= 4 is 10.0 Å². The van der Waals surface area contributed by atoms with Crippen molar-refractivity contribution in [3.63, 3.8) is 0 Å². The minimum absolute atomic E-state index is 0.0101. The lowest BCUT2D eigenvalue weighted by atomic mass is 9.83. The van der Waals surface area contributed by atoms with Crippen molar-refractivity contribution in [3.05, 3.63) is 30.1 Å². The number of aromatic nitrogens is 1. The maximum absolute atomic E-state index is 11.1. The van der Waals surface area contributed by atoms with Crippen molar-refractivity contribution < 1.29 is 13.2 Å². The molecule has 1 aromatic rings. The fourth-order valence-corrected chi connectivity index (χ4v) is 3.77. The third-order valence-electron chi connectivity index (χ3n) is 4.42. The third kappa shape index (κ3) is 4.04. The van der Waals surface area contributed by atoms with Crippen molar-refractivity contribution in [1.82, 2.24) is 14.6 Å². The van der Waals surface area contributed by atoms with E-state index in [0.29, 0.717) is 13.2 Å². The molecule has 2 aliphatic heterocycles. The first-order chi connectivity index (χ1) is 10.4. The Balaban J connectivity index is 1.41. The molecule has 0 amide bonds. The molecule has 2 aliphatic rings. The number of hydrogen-bond donors (Lipinski definition) is 1. The molecule has 1 spiro atoms. The van der Waals surface area contributed by atoms with Crippen LogP contribution < -0.4 is 4.72 Å². The number of pyridine rings is 1. The number of nitrogens with zero attached hydrogens (tertiary/aromatic N) is 2. The average Bonchev–Trinajstić information content (AvgIpc) is 2.45. The molecule has 0 bridgehead atoms. The quantitative estimate of drug-likeness (QED) is 0.859. The van der Waals surface area contributed by atoms with Gasteiger partial charge in [0, 0.05) is 38.6 Å². The molecule has 3 rings (SSSR count). The summed E-state index contributed by atoms with van der Waals surface area (Å²) >= 11 is 0. The number of sulfonamides is 1. The van der Waals surface area contributed by atoms with Gasteiger partial charge in [0.15, 0.2) is 0 Å². The van der Waals surface area contributed by atoms with Crippen LogP contribution in [0.2, 0.25) is 0 Å². The molecule has 3 heterocycles. The maximum Gasteiger partial charge on any atom is 0.208 e. The van der Waals surface area contributed by atoms with E-state index < -0.39 is 10.0 Å². The Morgan fingerprint density at radius 2 is 2.32 bits per heavy atom. The van der Waals surface area contributed by atoms with Gasteiger partial charge in [-0.2, -0.15) is 0 Å². The van der Waals surface area contributed by atoms with Crippen LogP contribution in [0.3, 0.4) is 0 Å². The molecule has 1 N–H and O–H groups in total. The van der Waals surface area contributed by atoms with E-state index in [1.54, 1.807) is 6.20 Å². The van der Waals surface area contributed by atoms with Gasteiger partial charge in [0.1, 0.15) is 0 Å². The molecule has 2 saturated heterocycles. The summed E-state index contributed by atoms with van der Waals surface area (Å²) in [5.74, 6) is 0.285. The van der Waals surface area contributed by atoms with E-state index in [0.717, 1.165) is 32.5 Å². The summed E-state index contributed by atoms with van der Waals surface area (Å²) in [7, 11) is -3.11. The molecule has 22 heavy (non-hydrogen) atoms. The van der Waals surface area contributed by atoms with Gasteiger partial charge in [0.25, 0.3) is 0 Å². The summed E-state index contributed by atoms with van der Waals surface area (Å²) in [6, 6.07) is 4.05. The summed E-state index contributed by atoms with van der Waals surface area (Å²) < 4.78 is 30.9. The molecule has 1 atom stereocenters. The molecule has 2 fully saturated rings.